The van der Waals surface area contributed by atoms with Gasteiger partial charge in [-0.05, 0) is 129 Å². The monoisotopic (exact) mass is 656 g/mol. The number of allylic oxidation sites excluding steroid dienone is 1. The Labute approximate surface area is 281 Å². The largest absolute Gasteiger partial charge is 0.451 e. The number of carbonyl (C=O) groups excluding carboxylic acids is 4. The van der Waals surface area contributed by atoms with Gasteiger partial charge < -0.3 is 14.6 Å². The molecule has 9 nitrogen and oxygen atoms in total. The molecule has 4 saturated carbocycles. The molecule has 0 radical (unpaired) electrons. The highest BCUT2D eigenvalue weighted by Crippen LogP contribution is 2.77. The highest BCUT2D eigenvalue weighted by Gasteiger charge is 2.71. The second-order valence-corrected chi connectivity index (χ2v) is 18.3. The predicted molar refractivity (Wildman–Crippen MR) is 179 cm³/mol. The number of fused-ring (bicyclic) bond motifs is 7. The van der Waals surface area contributed by atoms with Gasteiger partial charge in [-0.2, -0.15) is 0 Å². The summed E-state index contributed by atoms with van der Waals surface area (Å²) >= 11 is 0. The molecular weight excluding hydrogens is 596 g/mol. The minimum absolute atomic E-state index is 0.0100. The van der Waals surface area contributed by atoms with Crippen molar-refractivity contribution in [3.05, 3.63) is 11.1 Å². The second-order valence-electron chi connectivity index (χ2n) is 18.3. The summed E-state index contributed by atoms with van der Waals surface area (Å²) in [6.07, 6.45) is 4.90. The number of nitrogens with one attached hydrogen (secondary N) is 2. The number of hydrogen-bond acceptors (Lipinski definition) is 7. The van der Waals surface area contributed by atoms with Crippen LogP contribution in [0.25, 0.3) is 0 Å². The van der Waals surface area contributed by atoms with Crippen LogP contribution in [0.1, 0.15) is 134 Å². The smallest absolute Gasteiger partial charge is 0.426 e. The molecule has 0 aliphatic heterocycles. The van der Waals surface area contributed by atoms with Crippen molar-refractivity contribution in [2.45, 2.75) is 152 Å². The van der Waals surface area contributed by atoms with Gasteiger partial charge in [-0.3, -0.25) is 19.8 Å². The molecule has 4 fully saturated rings. The van der Waals surface area contributed by atoms with Crippen molar-refractivity contribution in [3.8, 4) is 0 Å². The molecule has 0 aromatic carbocycles. The highest BCUT2D eigenvalue weighted by molar-refractivity contribution is 6.02. The molecule has 5 aliphatic carbocycles. The maximum absolute atomic E-state index is 14.1. The van der Waals surface area contributed by atoms with E-state index in [1.54, 1.807) is 20.8 Å². The lowest BCUT2D eigenvalue weighted by atomic mass is 9.33. The number of rotatable bonds is 4. The topological polar surface area (TPSA) is 131 Å². The van der Waals surface area contributed by atoms with E-state index in [0.29, 0.717) is 18.3 Å². The zero-order chi connectivity index (χ0) is 35.1. The molecular formula is C38H60N2O7. The van der Waals surface area contributed by atoms with Crippen molar-refractivity contribution in [2.24, 2.45) is 50.7 Å². The van der Waals surface area contributed by atoms with Crippen LogP contribution in [-0.2, 0) is 23.9 Å². The van der Waals surface area contributed by atoms with Gasteiger partial charge >= 0.3 is 12.1 Å². The maximum atomic E-state index is 14.1. The number of hydrazine groups is 1. The van der Waals surface area contributed by atoms with Gasteiger partial charge in [0, 0.05) is 18.8 Å². The number of esters is 1. The number of Topliss-reactive ketones (excluding diaryl/α,β-unsaturated/α-hetero) is 1. The van der Waals surface area contributed by atoms with E-state index in [1.807, 2.05) is 13.8 Å². The van der Waals surface area contributed by atoms with Crippen molar-refractivity contribution >= 4 is 23.8 Å². The third-order valence-electron chi connectivity index (χ3n) is 14.2. The second kappa shape index (κ2) is 11.6. The molecule has 0 aromatic heterocycles. The molecule has 47 heavy (non-hydrogen) atoms. The Bertz CT molecular complexity index is 1360. The van der Waals surface area contributed by atoms with Gasteiger partial charge in [0.25, 0.3) is 5.91 Å². The molecule has 9 atom stereocenters. The number of amides is 2. The zero-order valence-corrected chi connectivity index (χ0v) is 30.7. The fourth-order valence-electron chi connectivity index (χ4n) is 12.0. The van der Waals surface area contributed by atoms with Crippen LogP contribution in [0.5, 0.6) is 0 Å². The van der Waals surface area contributed by atoms with Gasteiger partial charge in [0.1, 0.15) is 5.60 Å². The lowest BCUT2D eigenvalue weighted by Crippen LogP contribution is -2.66. The minimum atomic E-state index is -1.28. The predicted octanol–water partition coefficient (Wildman–Crippen LogP) is 6.82. The van der Waals surface area contributed by atoms with Crippen LogP contribution in [0, 0.1) is 50.7 Å². The first kappa shape index (κ1) is 35.9. The normalized spacial score (nSPS) is 40.0. The number of aliphatic hydroxyl groups is 1. The Kier molecular flexibility index (Phi) is 8.84. The summed E-state index contributed by atoms with van der Waals surface area (Å²) in [6.45, 7) is 22.5. The molecule has 0 saturated heterocycles. The fourth-order valence-corrected chi connectivity index (χ4v) is 12.0. The van der Waals surface area contributed by atoms with Crippen LogP contribution in [0.3, 0.4) is 0 Å². The molecule has 0 heterocycles. The summed E-state index contributed by atoms with van der Waals surface area (Å²) in [5.74, 6) is -0.349. The Balaban J connectivity index is 1.55. The molecule has 2 amide bonds. The maximum Gasteiger partial charge on any atom is 0.426 e. The number of carbonyl (C=O) groups is 4. The Morgan fingerprint density at radius 1 is 0.872 bits per heavy atom. The number of ether oxygens (including phenoxy) is 2. The molecule has 0 aromatic rings. The van der Waals surface area contributed by atoms with E-state index in [2.05, 4.69) is 45.5 Å². The van der Waals surface area contributed by atoms with Crippen molar-refractivity contribution in [1.29, 1.82) is 0 Å². The van der Waals surface area contributed by atoms with E-state index in [9.17, 15) is 24.3 Å². The third-order valence-corrected chi connectivity index (χ3v) is 14.2. The van der Waals surface area contributed by atoms with Gasteiger partial charge in [-0.25, -0.2) is 10.2 Å². The van der Waals surface area contributed by atoms with Crippen LogP contribution in [-0.4, -0.2) is 46.7 Å². The standard InChI is InChI=1S/C38H60N2O7/c1-21(2)28-24(42)20-38(30(46-22(3)41)31(44)39-40-32(45)47-33(4,5)6)19-18-36(10)23(29(28)38)12-13-26-35(9)16-15-27(43)34(7,8)25(35)14-17-37(26,36)11/h21,23,25-27,30,43H,12-20H2,1-11H3,(H,39,44)(H,40,45)/t23-,25+,26-,27+,30?,35+,36-,37-,38-/m1/s1. The third kappa shape index (κ3) is 5.45. The summed E-state index contributed by atoms with van der Waals surface area (Å²) < 4.78 is 11.2. The van der Waals surface area contributed by atoms with Crippen molar-refractivity contribution in [1.82, 2.24) is 10.9 Å². The zero-order valence-electron chi connectivity index (χ0n) is 30.7. The minimum Gasteiger partial charge on any atom is -0.451 e. The van der Waals surface area contributed by atoms with Gasteiger partial charge in [-0.15, -0.1) is 0 Å². The SMILES string of the molecule is CC(=O)OC(C(=O)NNC(=O)OC(C)(C)C)[C@@]12CC[C@]3(C)[C@H](CC[C@@H]4[C@@]5(C)CC[C@H](O)C(C)(C)[C@@H]5CC[C@]43C)C1=C(C(C)C)C(=O)C2. The van der Waals surface area contributed by atoms with E-state index in [-0.39, 0.29) is 51.8 Å². The van der Waals surface area contributed by atoms with E-state index in [0.717, 1.165) is 56.1 Å². The average Bonchev–Trinajstić information content (AvgIpc) is 3.25. The van der Waals surface area contributed by atoms with Crippen molar-refractivity contribution < 1.29 is 33.8 Å². The Morgan fingerprint density at radius 2 is 1.53 bits per heavy atom. The molecule has 5 rings (SSSR count). The highest BCUT2D eigenvalue weighted by atomic mass is 16.6. The van der Waals surface area contributed by atoms with Crippen LogP contribution in [0.2, 0.25) is 0 Å². The first-order chi connectivity index (χ1) is 21.5. The summed E-state index contributed by atoms with van der Waals surface area (Å²) in [5.41, 5.74) is 4.64. The van der Waals surface area contributed by atoms with Gasteiger partial charge in [0.2, 0.25) is 0 Å². The molecule has 5 aliphatic rings. The summed E-state index contributed by atoms with van der Waals surface area (Å²) in [4.78, 5) is 53.1. The number of ketones is 1. The summed E-state index contributed by atoms with van der Waals surface area (Å²) in [6, 6.07) is 0. The molecule has 3 N–H and O–H groups in total. The van der Waals surface area contributed by atoms with Gasteiger partial charge in [-0.1, -0.05) is 48.5 Å². The summed E-state index contributed by atoms with van der Waals surface area (Å²) in [7, 11) is 0. The van der Waals surface area contributed by atoms with Crippen LogP contribution in [0.15, 0.2) is 11.1 Å². The first-order valence-corrected chi connectivity index (χ1v) is 18.0. The van der Waals surface area contributed by atoms with Crippen LogP contribution >= 0.6 is 0 Å². The Hall–Kier alpha value is -2.42. The first-order valence-electron chi connectivity index (χ1n) is 18.0. The number of hydrogen-bond donors (Lipinski definition) is 3. The summed E-state index contributed by atoms with van der Waals surface area (Å²) in [5, 5.41) is 11.1. The lowest BCUT2D eigenvalue weighted by molar-refractivity contribution is -0.230. The van der Waals surface area contributed by atoms with Gasteiger partial charge in [0.15, 0.2) is 11.9 Å². The van der Waals surface area contributed by atoms with E-state index < -0.39 is 35.1 Å². The fraction of sp³-hybridized carbons (Fsp3) is 0.842. The van der Waals surface area contributed by atoms with E-state index >= 15 is 0 Å². The van der Waals surface area contributed by atoms with Crippen molar-refractivity contribution in [3.63, 3.8) is 0 Å². The molecule has 9 heteroatoms. The van der Waals surface area contributed by atoms with Crippen LogP contribution in [0.4, 0.5) is 4.79 Å². The number of aliphatic hydroxyl groups excluding tert-OH is 1. The molecule has 264 valence electrons. The molecule has 0 bridgehead atoms. The molecule has 1 unspecified atom stereocenters. The Morgan fingerprint density at radius 3 is 2.13 bits per heavy atom. The van der Waals surface area contributed by atoms with E-state index in [1.165, 1.54) is 6.92 Å². The average molecular weight is 657 g/mol. The van der Waals surface area contributed by atoms with Crippen molar-refractivity contribution in [2.75, 3.05) is 0 Å². The van der Waals surface area contributed by atoms with E-state index in [4.69, 9.17) is 9.47 Å². The quantitative estimate of drug-likeness (QED) is 0.224. The lowest BCUT2D eigenvalue weighted by Gasteiger charge is -2.72. The molecule has 0 spiro atoms. The van der Waals surface area contributed by atoms with Crippen LogP contribution < -0.4 is 10.9 Å². The van der Waals surface area contributed by atoms with Gasteiger partial charge in [0.05, 0.1) is 6.10 Å².